The summed E-state index contributed by atoms with van der Waals surface area (Å²) in [6.07, 6.45) is 3.42. The molecule has 0 aromatic heterocycles. The van der Waals surface area contributed by atoms with E-state index < -0.39 is 0 Å². The van der Waals surface area contributed by atoms with Gasteiger partial charge in [0.05, 0.1) is 17.6 Å². The summed E-state index contributed by atoms with van der Waals surface area (Å²) in [6, 6.07) is 2.37. The van der Waals surface area contributed by atoms with Gasteiger partial charge in [-0.3, -0.25) is 0 Å². The molecule has 2 heteroatoms. The molecular weight excluding hydrogens is 162 g/mol. The van der Waals surface area contributed by atoms with Crippen LogP contribution in [0, 0.1) is 16.7 Å². The average Bonchev–Trinajstić information content (AvgIpc) is 2.81. The van der Waals surface area contributed by atoms with E-state index in [9.17, 15) is 0 Å². The van der Waals surface area contributed by atoms with Crippen LogP contribution in [0.25, 0.3) is 0 Å². The zero-order chi connectivity index (χ0) is 10.1. The van der Waals surface area contributed by atoms with Crippen LogP contribution in [0.15, 0.2) is 0 Å². The third kappa shape index (κ3) is 1.46. The fourth-order valence-electron chi connectivity index (χ4n) is 2.18. The van der Waals surface area contributed by atoms with Crippen LogP contribution in [-0.2, 0) is 4.74 Å². The summed E-state index contributed by atoms with van der Waals surface area (Å²) in [7, 11) is 0. The Hall–Kier alpha value is -0.550. The largest absolute Gasteiger partial charge is 0.364 e. The minimum Gasteiger partial charge on any atom is -0.364 e. The van der Waals surface area contributed by atoms with E-state index in [0.717, 1.165) is 19.3 Å². The highest BCUT2D eigenvalue weighted by Gasteiger charge is 2.63. The Bertz CT molecular complexity index is 229. The van der Waals surface area contributed by atoms with Crippen molar-refractivity contribution in [3.8, 4) is 6.07 Å². The molecule has 1 saturated heterocycles. The van der Waals surface area contributed by atoms with Gasteiger partial charge in [-0.1, -0.05) is 20.3 Å². The van der Waals surface area contributed by atoms with Gasteiger partial charge in [0.2, 0.25) is 0 Å². The highest BCUT2D eigenvalue weighted by atomic mass is 16.6. The molecule has 2 nitrogen and oxygen atoms in total. The second-order valence-electron chi connectivity index (χ2n) is 4.39. The summed E-state index contributed by atoms with van der Waals surface area (Å²) in [5, 5.41) is 9.08. The van der Waals surface area contributed by atoms with Crippen LogP contribution in [0.4, 0.5) is 0 Å². The molecule has 0 aromatic rings. The topological polar surface area (TPSA) is 36.3 Å². The predicted molar refractivity (Wildman–Crippen MR) is 52.2 cm³/mol. The molecule has 13 heavy (non-hydrogen) atoms. The maximum Gasteiger partial charge on any atom is 0.113 e. The molecule has 0 aromatic carbocycles. The summed E-state index contributed by atoms with van der Waals surface area (Å²) in [5.41, 5.74) is -0.491. The molecule has 0 saturated carbocycles. The smallest absolute Gasteiger partial charge is 0.113 e. The first-order chi connectivity index (χ1) is 6.04. The lowest BCUT2D eigenvalue weighted by Crippen LogP contribution is -2.33. The number of rotatable bonds is 4. The number of nitriles is 1. The molecule has 2 atom stereocenters. The van der Waals surface area contributed by atoms with Crippen molar-refractivity contribution in [1.82, 2.24) is 0 Å². The maximum absolute atomic E-state index is 9.08. The summed E-state index contributed by atoms with van der Waals surface area (Å²) < 4.78 is 5.73. The SMILES string of the molecule is CCCC1(C(C)(C)C#N)OC1CC. The Morgan fingerprint density at radius 3 is 2.38 bits per heavy atom. The molecule has 1 heterocycles. The molecule has 1 aliphatic heterocycles. The molecule has 0 amide bonds. The number of hydrogen-bond donors (Lipinski definition) is 0. The van der Waals surface area contributed by atoms with Gasteiger partial charge >= 0.3 is 0 Å². The van der Waals surface area contributed by atoms with Crippen LogP contribution in [0.1, 0.15) is 47.0 Å². The summed E-state index contributed by atoms with van der Waals surface area (Å²) >= 11 is 0. The van der Waals surface area contributed by atoms with Crippen LogP contribution in [0.2, 0.25) is 0 Å². The van der Waals surface area contributed by atoms with E-state index >= 15 is 0 Å². The van der Waals surface area contributed by atoms with Crippen molar-refractivity contribution in [1.29, 1.82) is 5.26 Å². The first-order valence-electron chi connectivity index (χ1n) is 5.13. The van der Waals surface area contributed by atoms with Crippen molar-refractivity contribution in [3.05, 3.63) is 0 Å². The standard InChI is InChI=1S/C11H19NO/c1-5-7-11(9(6-2)13-11)10(3,4)8-12/h9H,5-7H2,1-4H3. The Balaban J connectivity index is 2.78. The van der Waals surface area contributed by atoms with E-state index in [4.69, 9.17) is 10.00 Å². The van der Waals surface area contributed by atoms with Gasteiger partial charge < -0.3 is 4.74 Å². The van der Waals surface area contributed by atoms with Gasteiger partial charge in [-0.2, -0.15) is 5.26 Å². The average molecular weight is 181 g/mol. The van der Waals surface area contributed by atoms with E-state index in [0.29, 0.717) is 6.10 Å². The van der Waals surface area contributed by atoms with Crippen molar-refractivity contribution in [2.24, 2.45) is 5.41 Å². The molecule has 74 valence electrons. The minimum absolute atomic E-state index is 0.148. The van der Waals surface area contributed by atoms with Crippen molar-refractivity contribution >= 4 is 0 Å². The minimum atomic E-state index is -0.344. The van der Waals surface area contributed by atoms with Crippen molar-refractivity contribution in [2.45, 2.75) is 58.7 Å². The lowest BCUT2D eigenvalue weighted by molar-refractivity contribution is 0.174. The molecule has 1 rings (SSSR count). The van der Waals surface area contributed by atoms with Gasteiger partial charge in [-0.15, -0.1) is 0 Å². The Morgan fingerprint density at radius 1 is 1.46 bits per heavy atom. The molecule has 0 bridgehead atoms. The van der Waals surface area contributed by atoms with Crippen LogP contribution in [-0.4, -0.2) is 11.7 Å². The first-order valence-corrected chi connectivity index (χ1v) is 5.13. The molecule has 1 aliphatic rings. The second-order valence-corrected chi connectivity index (χ2v) is 4.39. The first kappa shape index (κ1) is 10.5. The fraction of sp³-hybridized carbons (Fsp3) is 0.909. The van der Waals surface area contributed by atoms with Gasteiger partial charge in [-0.25, -0.2) is 0 Å². The van der Waals surface area contributed by atoms with Crippen molar-refractivity contribution < 1.29 is 4.74 Å². The number of epoxide rings is 1. The van der Waals surface area contributed by atoms with Gasteiger partial charge in [0.1, 0.15) is 5.60 Å². The van der Waals surface area contributed by atoms with Crippen LogP contribution >= 0.6 is 0 Å². The normalized spacial score (nSPS) is 32.7. The molecule has 1 fully saturated rings. The third-order valence-corrected chi connectivity index (χ3v) is 3.15. The molecule has 0 aliphatic carbocycles. The van der Waals surface area contributed by atoms with Crippen LogP contribution in [0.5, 0.6) is 0 Å². The zero-order valence-corrected chi connectivity index (χ0v) is 9.05. The molecule has 0 N–H and O–H groups in total. The number of hydrogen-bond acceptors (Lipinski definition) is 2. The fourth-order valence-corrected chi connectivity index (χ4v) is 2.18. The van der Waals surface area contributed by atoms with E-state index in [1.807, 2.05) is 13.8 Å². The number of ether oxygens (including phenoxy) is 1. The highest BCUT2D eigenvalue weighted by Crippen LogP contribution is 2.54. The molecule has 0 radical (unpaired) electrons. The van der Waals surface area contributed by atoms with Crippen molar-refractivity contribution in [2.75, 3.05) is 0 Å². The van der Waals surface area contributed by atoms with E-state index in [1.54, 1.807) is 0 Å². The van der Waals surface area contributed by atoms with E-state index in [2.05, 4.69) is 19.9 Å². The lowest BCUT2D eigenvalue weighted by Gasteiger charge is -2.25. The highest BCUT2D eigenvalue weighted by molar-refractivity contribution is 5.18. The number of nitrogens with zero attached hydrogens (tertiary/aromatic N) is 1. The quantitative estimate of drug-likeness (QED) is 0.625. The van der Waals surface area contributed by atoms with Crippen molar-refractivity contribution in [3.63, 3.8) is 0 Å². The Morgan fingerprint density at radius 2 is 2.08 bits per heavy atom. The summed E-state index contributed by atoms with van der Waals surface area (Å²) in [4.78, 5) is 0. The van der Waals surface area contributed by atoms with Crippen LogP contribution in [0.3, 0.4) is 0 Å². The Labute approximate surface area is 80.9 Å². The monoisotopic (exact) mass is 181 g/mol. The maximum atomic E-state index is 9.08. The van der Waals surface area contributed by atoms with Gasteiger partial charge in [0.15, 0.2) is 0 Å². The molecular formula is C11H19NO. The van der Waals surface area contributed by atoms with E-state index in [1.165, 1.54) is 0 Å². The lowest BCUT2D eigenvalue weighted by atomic mass is 9.74. The van der Waals surface area contributed by atoms with E-state index in [-0.39, 0.29) is 11.0 Å². The van der Waals surface area contributed by atoms with Gasteiger partial charge in [0, 0.05) is 0 Å². The molecule has 2 unspecified atom stereocenters. The Kier molecular flexibility index (Phi) is 2.68. The third-order valence-electron chi connectivity index (χ3n) is 3.15. The molecule has 0 spiro atoms. The van der Waals surface area contributed by atoms with Gasteiger partial charge in [0.25, 0.3) is 0 Å². The van der Waals surface area contributed by atoms with Crippen LogP contribution < -0.4 is 0 Å². The second kappa shape index (κ2) is 3.31. The zero-order valence-electron chi connectivity index (χ0n) is 9.05. The summed E-state index contributed by atoms with van der Waals surface area (Å²) in [6.45, 7) is 8.23. The summed E-state index contributed by atoms with van der Waals surface area (Å²) in [5.74, 6) is 0. The van der Waals surface area contributed by atoms with Gasteiger partial charge in [-0.05, 0) is 26.7 Å². The predicted octanol–water partition coefficient (Wildman–Crippen LogP) is 2.88.